The number of amides is 4. The molecule has 0 radical (unpaired) electrons. The second-order valence-corrected chi connectivity index (χ2v) is 10.7. The summed E-state index contributed by atoms with van der Waals surface area (Å²) in [6.07, 6.45) is 2.87. The van der Waals surface area contributed by atoms with Crippen molar-refractivity contribution in [1.82, 2.24) is 20.4 Å². The van der Waals surface area contributed by atoms with Crippen LogP contribution in [0.4, 0.5) is 4.39 Å². The van der Waals surface area contributed by atoms with E-state index < -0.39 is 29.8 Å². The van der Waals surface area contributed by atoms with E-state index in [1.807, 2.05) is 0 Å². The molecule has 3 heterocycles. The summed E-state index contributed by atoms with van der Waals surface area (Å²) in [7, 11) is 1.45. The highest BCUT2D eigenvalue weighted by Crippen LogP contribution is 2.29. The highest BCUT2D eigenvalue weighted by molar-refractivity contribution is 5.95. The summed E-state index contributed by atoms with van der Waals surface area (Å²) in [4.78, 5) is 54.8. The van der Waals surface area contributed by atoms with E-state index in [-0.39, 0.29) is 55.1 Å². The molecule has 0 aliphatic carbocycles. The smallest absolute Gasteiger partial charge is 0.258 e. The average Bonchev–Trinajstić information content (AvgIpc) is 3.18. The van der Waals surface area contributed by atoms with Gasteiger partial charge in [0.05, 0.1) is 19.7 Å². The lowest BCUT2D eigenvalue weighted by Crippen LogP contribution is -2.59. The van der Waals surface area contributed by atoms with Gasteiger partial charge in [-0.05, 0) is 48.7 Å². The first-order valence-electron chi connectivity index (χ1n) is 14.2. The highest BCUT2D eigenvalue weighted by atomic mass is 19.1. The molecule has 2 fully saturated rings. The van der Waals surface area contributed by atoms with Gasteiger partial charge >= 0.3 is 0 Å². The molecule has 42 heavy (non-hydrogen) atoms. The van der Waals surface area contributed by atoms with Crippen LogP contribution in [0.25, 0.3) is 0 Å². The maximum Gasteiger partial charge on any atom is 0.258 e. The molecule has 2 atom stereocenters. The minimum Gasteiger partial charge on any atom is -0.493 e. The Hall–Kier alpha value is -4.35. The fraction of sp³-hybridized carbons (Fsp3) is 0.467. The van der Waals surface area contributed by atoms with E-state index >= 15 is 0 Å². The number of nitrogens with one attached hydrogen (secondary N) is 2. The normalized spacial score (nSPS) is 21.6. The van der Waals surface area contributed by atoms with Crippen LogP contribution in [0.3, 0.4) is 0 Å². The molecule has 3 aliphatic heterocycles. The van der Waals surface area contributed by atoms with Gasteiger partial charge in [0, 0.05) is 50.7 Å². The lowest BCUT2D eigenvalue weighted by molar-refractivity contribution is -0.142. The fourth-order valence-electron chi connectivity index (χ4n) is 5.48. The molecule has 0 unspecified atom stereocenters. The molecule has 5 rings (SSSR count). The van der Waals surface area contributed by atoms with Crippen molar-refractivity contribution in [2.45, 2.75) is 50.8 Å². The zero-order valence-electron chi connectivity index (χ0n) is 23.5. The Bertz CT molecular complexity index is 1350. The number of likely N-dealkylation sites (tertiary alicyclic amines) is 2. The van der Waals surface area contributed by atoms with Gasteiger partial charge in [-0.2, -0.15) is 0 Å². The molecule has 0 aromatic heterocycles. The average molecular weight is 583 g/mol. The fourth-order valence-corrected chi connectivity index (χ4v) is 5.48. The number of hydrogen-bond donors (Lipinski definition) is 2. The van der Waals surface area contributed by atoms with Gasteiger partial charge in [-0.15, -0.1) is 0 Å². The second-order valence-electron chi connectivity index (χ2n) is 10.7. The molecule has 0 spiro atoms. The standard InChI is InChI=1S/C30H35FN4O7/c1-40-25-7-6-20-13-26(25)41-18-27(36)33-23-16-35(29(38)17-34-9-4-2-3-5-28(34)37)10-8-24(23)42-22-12-19(11-21(31)14-22)15-32-30(20)39/h6-7,11-14,23-24H,2-5,8-10,15-18H2,1H3,(H,32,39)(H,33,36)/t23-,24+/m1/s1. The first-order chi connectivity index (χ1) is 20.3. The van der Waals surface area contributed by atoms with Crippen LogP contribution in [0.15, 0.2) is 36.4 Å². The van der Waals surface area contributed by atoms with E-state index in [0.29, 0.717) is 37.2 Å². The monoisotopic (exact) mass is 582 g/mol. The Kier molecular flexibility index (Phi) is 9.09. The Morgan fingerprint density at radius 3 is 2.79 bits per heavy atom. The van der Waals surface area contributed by atoms with Crippen molar-refractivity contribution in [3.05, 3.63) is 53.3 Å². The van der Waals surface area contributed by atoms with Gasteiger partial charge in [-0.1, -0.05) is 6.42 Å². The quantitative estimate of drug-likeness (QED) is 0.567. The lowest BCUT2D eigenvalue weighted by Gasteiger charge is -2.39. The lowest BCUT2D eigenvalue weighted by atomic mass is 10.0. The van der Waals surface area contributed by atoms with Crippen LogP contribution in [0, 0.1) is 5.82 Å². The number of hydrogen-bond acceptors (Lipinski definition) is 7. The van der Waals surface area contributed by atoms with Crippen molar-refractivity contribution in [3.63, 3.8) is 0 Å². The van der Waals surface area contributed by atoms with E-state index in [9.17, 15) is 23.6 Å². The Morgan fingerprint density at radius 2 is 1.95 bits per heavy atom. The molecule has 2 N–H and O–H groups in total. The summed E-state index contributed by atoms with van der Waals surface area (Å²) >= 11 is 0. The molecular weight excluding hydrogens is 547 g/mol. The van der Waals surface area contributed by atoms with Crippen LogP contribution in [0.2, 0.25) is 0 Å². The molecule has 0 saturated carbocycles. The Balaban J connectivity index is 1.38. The van der Waals surface area contributed by atoms with E-state index in [4.69, 9.17) is 14.2 Å². The summed E-state index contributed by atoms with van der Waals surface area (Å²) in [6, 6.07) is 8.15. The minimum atomic E-state index is -0.633. The van der Waals surface area contributed by atoms with Crippen molar-refractivity contribution < 1.29 is 37.8 Å². The number of carbonyl (C=O) groups is 4. The molecular formula is C30H35FN4O7. The van der Waals surface area contributed by atoms with Gasteiger partial charge in [0.2, 0.25) is 11.8 Å². The maximum atomic E-state index is 14.6. The zero-order valence-corrected chi connectivity index (χ0v) is 23.5. The second kappa shape index (κ2) is 13.1. The number of halogens is 1. The Labute approximate surface area is 243 Å². The first kappa shape index (κ1) is 29.2. The largest absolute Gasteiger partial charge is 0.493 e. The van der Waals surface area contributed by atoms with Crippen molar-refractivity contribution in [2.75, 3.05) is 39.9 Å². The van der Waals surface area contributed by atoms with Gasteiger partial charge in [0.1, 0.15) is 17.7 Å². The Morgan fingerprint density at radius 1 is 1.10 bits per heavy atom. The molecule has 2 aromatic rings. The number of piperidine rings is 1. The van der Waals surface area contributed by atoms with Gasteiger partial charge in [0.15, 0.2) is 18.1 Å². The minimum absolute atomic E-state index is 0.0107. The summed E-state index contributed by atoms with van der Waals surface area (Å²) in [6.45, 7) is 0.700. The third kappa shape index (κ3) is 7.10. The predicted molar refractivity (Wildman–Crippen MR) is 149 cm³/mol. The third-order valence-corrected chi connectivity index (χ3v) is 7.70. The van der Waals surface area contributed by atoms with E-state index in [1.165, 1.54) is 25.3 Å². The van der Waals surface area contributed by atoms with E-state index in [1.54, 1.807) is 28.0 Å². The van der Waals surface area contributed by atoms with Crippen LogP contribution in [-0.4, -0.2) is 85.5 Å². The number of benzene rings is 2. The van der Waals surface area contributed by atoms with E-state index in [2.05, 4.69) is 10.6 Å². The molecule has 12 heteroatoms. The van der Waals surface area contributed by atoms with Crippen LogP contribution in [-0.2, 0) is 20.9 Å². The number of rotatable bonds is 3. The molecule has 2 saturated heterocycles. The van der Waals surface area contributed by atoms with E-state index in [0.717, 1.165) is 19.3 Å². The number of carbonyl (C=O) groups excluding carboxylic acids is 4. The van der Waals surface area contributed by atoms with Gasteiger partial charge in [0.25, 0.3) is 11.8 Å². The van der Waals surface area contributed by atoms with Gasteiger partial charge in [-0.3, -0.25) is 19.2 Å². The summed E-state index contributed by atoms with van der Waals surface area (Å²) in [5.74, 6) is -0.857. The third-order valence-electron chi connectivity index (χ3n) is 7.70. The van der Waals surface area contributed by atoms with Crippen molar-refractivity contribution in [3.8, 4) is 17.2 Å². The highest BCUT2D eigenvalue weighted by Gasteiger charge is 2.35. The first-order valence-corrected chi connectivity index (χ1v) is 14.2. The van der Waals surface area contributed by atoms with Gasteiger partial charge < -0.3 is 34.6 Å². The predicted octanol–water partition coefficient (Wildman–Crippen LogP) is 2.02. The van der Waals surface area contributed by atoms with Crippen LogP contribution >= 0.6 is 0 Å². The molecule has 11 nitrogen and oxygen atoms in total. The zero-order chi connectivity index (χ0) is 29.6. The van der Waals surface area contributed by atoms with Crippen molar-refractivity contribution >= 4 is 23.6 Å². The molecule has 4 bridgehead atoms. The molecule has 224 valence electrons. The molecule has 4 amide bonds. The van der Waals surface area contributed by atoms with Crippen LogP contribution in [0.1, 0.15) is 48.0 Å². The topological polar surface area (TPSA) is 127 Å². The van der Waals surface area contributed by atoms with Crippen LogP contribution in [0.5, 0.6) is 17.2 Å². The summed E-state index contributed by atoms with van der Waals surface area (Å²) in [5.41, 5.74) is 0.765. The summed E-state index contributed by atoms with van der Waals surface area (Å²) in [5, 5.41) is 5.67. The number of fused-ring (bicyclic) bond motifs is 5. The van der Waals surface area contributed by atoms with Crippen molar-refractivity contribution in [2.24, 2.45) is 0 Å². The van der Waals surface area contributed by atoms with Gasteiger partial charge in [-0.25, -0.2) is 4.39 Å². The van der Waals surface area contributed by atoms with Crippen molar-refractivity contribution in [1.29, 1.82) is 0 Å². The number of nitrogens with zero attached hydrogens (tertiary/aromatic N) is 2. The SMILES string of the molecule is COc1ccc2cc1OCC(=O)N[C@@H]1CN(C(=O)CN3CCCCCC3=O)CC[C@@H]1Oc1cc(F)cc(c1)CNC2=O. The number of methoxy groups -OCH3 is 1. The summed E-state index contributed by atoms with van der Waals surface area (Å²) < 4.78 is 31.8. The molecule has 2 aromatic carbocycles. The van der Waals surface area contributed by atoms with Crippen LogP contribution < -0.4 is 24.8 Å². The number of ether oxygens (including phenoxy) is 3. The molecule has 3 aliphatic rings. The maximum absolute atomic E-state index is 14.6.